The molecule has 0 saturated carbocycles. The minimum Gasteiger partial charge on any atom is -0.507 e. The number of aromatic nitrogens is 4. The van der Waals surface area contributed by atoms with Crippen molar-refractivity contribution in [2.75, 3.05) is 13.7 Å². The summed E-state index contributed by atoms with van der Waals surface area (Å²) in [7, 11) is 1.51. The Balaban J connectivity index is 1.68. The molecule has 6 N–H and O–H groups in total. The second-order valence-electron chi connectivity index (χ2n) is 7.11. The highest BCUT2D eigenvalue weighted by Crippen LogP contribution is 2.29. The minimum atomic E-state index is -1.53. The number of nitrogens with one attached hydrogen (secondary N) is 1. The average Bonchev–Trinajstić information content (AvgIpc) is 3.27. The normalized spacial score (nSPS) is 27.0. The molecule has 4 rings (SSSR count). The number of phenols is 1. The van der Waals surface area contributed by atoms with Gasteiger partial charge in [-0.2, -0.15) is 0 Å². The standard InChI is InChI=1S/C19H23N5O7/c1-30-10-3-2-9(11(26)4-10)5-20-17-13-18(22-7-21-13)24(8-23-17)19-16(29)15(28)14(27)12(6-25)31-19/h2-4,7-8,12,14-16,19,25-29H,5-6H2,1H3,(H,21,22)/t12-,14-,15+,16-,19?/m1/s1. The van der Waals surface area contributed by atoms with E-state index in [4.69, 9.17) is 9.47 Å². The molecule has 1 fully saturated rings. The summed E-state index contributed by atoms with van der Waals surface area (Å²) in [5.74, 6) is 0.562. The van der Waals surface area contributed by atoms with Crippen molar-refractivity contribution in [2.24, 2.45) is 4.99 Å². The van der Waals surface area contributed by atoms with E-state index in [2.05, 4.69) is 19.9 Å². The zero-order valence-corrected chi connectivity index (χ0v) is 16.5. The summed E-state index contributed by atoms with van der Waals surface area (Å²) in [5, 5.41) is 50.0. The van der Waals surface area contributed by atoms with Gasteiger partial charge in [0.15, 0.2) is 17.4 Å². The van der Waals surface area contributed by atoms with Gasteiger partial charge in [-0.25, -0.2) is 9.97 Å². The van der Waals surface area contributed by atoms with Gasteiger partial charge in [0.1, 0.15) is 47.8 Å². The summed E-state index contributed by atoms with van der Waals surface area (Å²) in [6.07, 6.45) is -3.94. The minimum absolute atomic E-state index is 0.0382. The van der Waals surface area contributed by atoms with Crippen LogP contribution in [0.5, 0.6) is 11.5 Å². The molecule has 1 aliphatic rings. The van der Waals surface area contributed by atoms with Gasteiger partial charge in [0.2, 0.25) is 0 Å². The van der Waals surface area contributed by atoms with Crippen LogP contribution in [-0.4, -0.2) is 83.2 Å². The molecule has 0 amide bonds. The highest BCUT2D eigenvalue weighted by molar-refractivity contribution is 5.68. The van der Waals surface area contributed by atoms with E-state index in [9.17, 15) is 25.5 Å². The van der Waals surface area contributed by atoms with Gasteiger partial charge in [0, 0.05) is 11.6 Å². The number of aliphatic hydroxyl groups excluding tert-OH is 4. The molecular formula is C19H23N5O7. The third-order valence-electron chi connectivity index (χ3n) is 5.22. The number of fused-ring (bicyclic) bond motifs is 1. The summed E-state index contributed by atoms with van der Waals surface area (Å²) >= 11 is 0. The van der Waals surface area contributed by atoms with Crippen LogP contribution in [0, 0.1) is 0 Å². The Bertz CT molecular complexity index is 1130. The van der Waals surface area contributed by atoms with Crippen molar-refractivity contribution >= 4 is 11.2 Å². The van der Waals surface area contributed by atoms with Crippen molar-refractivity contribution in [3.63, 3.8) is 0 Å². The lowest BCUT2D eigenvalue weighted by Gasteiger charge is -2.40. The van der Waals surface area contributed by atoms with Gasteiger partial charge in [-0.1, -0.05) is 0 Å². The Morgan fingerprint density at radius 3 is 2.71 bits per heavy atom. The molecule has 12 nitrogen and oxygen atoms in total. The Hall–Kier alpha value is -3.03. The molecule has 1 aromatic carbocycles. The summed E-state index contributed by atoms with van der Waals surface area (Å²) in [6.45, 7) is -0.404. The first kappa shape index (κ1) is 21.2. The van der Waals surface area contributed by atoms with Crippen molar-refractivity contribution in [1.82, 2.24) is 19.5 Å². The molecule has 1 saturated heterocycles. The van der Waals surface area contributed by atoms with Crippen LogP contribution in [0.25, 0.3) is 11.2 Å². The van der Waals surface area contributed by atoms with E-state index < -0.39 is 37.3 Å². The van der Waals surface area contributed by atoms with E-state index >= 15 is 0 Å². The fraction of sp³-hybridized carbons (Fsp3) is 0.421. The lowest BCUT2D eigenvalue weighted by Crippen LogP contribution is -2.56. The summed E-state index contributed by atoms with van der Waals surface area (Å²) in [5.41, 5.74) is 1.65. The third-order valence-corrected chi connectivity index (χ3v) is 5.22. The maximum atomic E-state index is 10.4. The number of aromatic amines is 1. The number of ether oxygens (including phenoxy) is 2. The van der Waals surface area contributed by atoms with Crippen LogP contribution in [0.15, 0.2) is 35.8 Å². The van der Waals surface area contributed by atoms with Crippen LogP contribution < -0.4 is 10.2 Å². The Morgan fingerprint density at radius 1 is 1.19 bits per heavy atom. The summed E-state index contributed by atoms with van der Waals surface area (Å²) in [6, 6.07) is 4.89. The fourth-order valence-electron chi connectivity index (χ4n) is 3.47. The molecule has 0 bridgehead atoms. The summed E-state index contributed by atoms with van der Waals surface area (Å²) < 4.78 is 12.0. The van der Waals surface area contributed by atoms with E-state index in [0.29, 0.717) is 28.0 Å². The van der Waals surface area contributed by atoms with E-state index in [1.54, 1.807) is 12.1 Å². The molecular weight excluding hydrogens is 410 g/mol. The summed E-state index contributed by atoms with van der Waals surface area (Å²) in [4.78, 5) is 15.9. The van der Waals surface area contributed by atoms with Gasteiger partial charge in [-0.3, -0.25) is 9.56 Å². The Labute approximate surface area is 175 Å². The number of hydrogen-bond acceptors (Lipinski definition) is 10. The monoisotopic (exact) mass is 433 g/mol. The first-order valence-electron chi connectivity index (χ1n) is 9.51. The van der Waals surface area contributed by atoms with Crippen molar-refractivity contribution in [1.29, 1.82) is 0 Å². The maximum absolute atomic E-state index is 10.4. The van der Waals surface area contributed by atoms with Gasteiger partial charge in [0.05, 0.1) is 26.6 Å². The van der Waals surface area contributed by atoms with Crippen molar-refractivity contribution in [3.05, 3.63) is 41.9 Å². The van der Waals surface area contributed by atoms with Crippen LogP contribution in [0.3, 0.4) is 0 Å². The number of aromatic hydroxyl groups is 1. The van der Waals surface area contributed by atoms with Gasteiger partial charge >= 0.3 is 0 Å². The number of H-pyrrole nitrogens is 1. The number of phenolic OH excluding ortho intramolecular Hbond substituents is 1. The molecule has 31 heavy (non-hydrogen) atoms. The van der Waals surface area contributed by atoms with Gasteiger partial charge < -0.3 is 40.0 Å². The SMILES string of the molecule is COc1ccc(CN=c2ncn(C3O[C@H](CO)[C@@H](O)[C@H](O)[C@H]3O)c3nc[nH]c23)c(O)c1. The van der Waals surface area contributed by atoms with Crippen LogP contribution in [0.1, 0.15) is 11.8 Å². The van der Waals surface area contributed by atoms with Crippen LogP contribution in [0.2, 0.25) is 0 Å². The number of rotatable bonds is 5. The molecule has 0 aliphatic carbocycles. The largest absolute Gasteiger partial charge is 0.507 e. The van der Waals surface area contributed by atoms with Crippen LogP contribution in [0.4, 0.5) is 0 Å². The first-order chi connectivity index (χ1) is 14.9. The Morgan fingerprint density at radius 2 is 2.00 bits per heavy atom. The molecule has 2 aromatic heterocycles. The molecule has 0 spiro atoms. The highest BCUT2D eigenvalue weighted by atomic mass is 16.6. The predicted molar refractivity (Wildman–Crippen MR) is 105 cm³/mol. The third kappa shape index (κ3) is 3.86. The van der Waals surface area contributed by atoms with E-state index in [0.717, 1.165) is 0 Å². The number of hydrogen-bond donors (Lipinski definition) is 6. The van der Waals surface area contributed by atoms with E-state index in [1.807, 2.05) is 0 Å². The zero-order chi connectivity index (χ0) is 22.1. The highest BCUT2D eigenvalue weighted by Gasteiger charge is 2.44. The number of imidazole rings is 1. The maximum Gasteiger partial charge on any atom is 0.177 e. The predicted octanol–water partition coefficient (Wildman–Crippen LogP) is -1.45. The molecule has 1 aliphatic heterocycles. The van der Waals surface area contributed by atoms with Crippen LogP contribution in [-0.2, 0) is 11.3 Å². The average molecular weight is 433 g/mol. The first-order valence-corrected chi connectivity index (χ1v) is 9.51. The smallest absolute Gasteiger partial charge is 0.177 e. The second-order valence-corrected chi connectivity index (χ2v) is 7.11. The van der Waals surface area contributed by atoms with Crippen molar-refractivity contribution in [3.8, 4) is 11.5 Å². The molecule has 166 valence electrons. The van der Waals surface area contributed by atoms with Gasteiger partial charge in [-0.05, 0) is 12.1 Å². The lowest BCUT2D eigenvalue weighted by molar-refractivity contribution is -0.250. The molecule has 0 radical (unpaired) electrons. The molecule has 12 heteroatoms. The van der Waals surface area contributed by atoms with E-state index in [1.165, 1.54) is 30.4 Å². The molecule has 1 unspecified atom stereocenters. The van der Waals surface area contributed by atoms with Crippen LogP contribution >= 0.6 is 0 Å². The van der Waals surface area contributed by atoms with Crippen molar-refractivity contribution in [2.45, 2.75) is 37.2 Å². The number of methoxy groups -OCH3 is 1. The van der Waals surface area contributed by atoms with E-state index in [-0.39, 0.29) is 12.3 Å². The van der Waals surface area contributed by atoms with Crippen molar-refractivity contribution < 1.29 is 35.0 Å². The number of aliphatic hydroxyl groups is 4. The topological polar surface area (TPSA) is 178 Å². The fourth-order valence-corrected chi connectivity index (χ4v) is 3.47. The Kier molecular flexibility index (Phi) is 5.89. The second kappa shape index (κ2) is 8.61. The number of benzene rings is 1. The quantitative estimate of drug-likeness (QED) is 0.281. The molecule has 3 aromatic rings. The number of nitrogens with zero attached hydrogens (tertiary/aromatic N) is 4. The lowest BCUT2D eigenvalue weighted by atomic mass is 9.98. The zero-order valence-electron chi connectivity index (χ0n) is 16.5. The van der Waals surface area contributed by atoms with Gasteiger partial charge in [-0.15, -0.1) is 0 Å². The molecule has 3 heterocycles. The van der Waals surface area contributed by atoms with Gasteiger partial charge in [0.25, 0.3) is 0 Å². The molecule has 5 atom stereocenters.